The summed E-state index contributed by atoms with van der Waals surface area (Å²) in [5.74, 6) is -0.362. The Morgan fingerprint density at radius 3 is 2.30 bits per heavy atom. The lowest BCUT2D eigenvalue weighted by Gasteiger charge is -2.10. The zero-order valence-corrected chi connectivity index (χ0v) is 10.5. The molecule has 1 heterocycles. The molecule has 0 saturated heterocycles. The number of hydrogen-bond acceptors (Lipinski definition) is 4. The fourth-order valence-corrected chi connectivity index (χ4v) is 2.35. The van der Waals surface area contributed by atoms with Crippen LogP contribution in [-0.2, 0) is 10.0 Å². The molecule has 0 unspecified atom stereocenters. The monoisotopic (exact) mass is 307 g/mol. The minimum atomic E-state index is -4.82. The van der Waals surface area contributed by atoms with E-state index in [9.17, 15) is 21.6 Å². The summed E-state index contributed by atoms with van der Waals surface area (Å²) >= 11 is 0. The van der Waals surface area contributed by atoms with Crippen molar-refractivity contribution in [2.45, 2.75) is 11.3 Å². The largest absolute Gasteiger partial charge is 0.573 e. The van der Waals surface area contributed by atoms with Gasteiger partial charge >= 0.3 is 6.36 Å². The molecule has 0 radical (unpaired) electrons. The summed E-state index contributed by atoms with van der Waals surface area (Å²) in [6.07, 6.45) is -3.48. The lowest BCUT2D eigenvalue weighted by Crippen LogP contribution is -2.17. The molecule has 0 spiro atoms. The van der Waals surface area contributed by atoms with Crippen LogP contribution < -0.4 is 9.46 Å². The average molecular weight is 307 g/mol. The van der Waals surface area contributed by atoms with Gasteiger partial charge in [0, 0.05) is 6.07 Å². The second kappa shape index (κ2) is 5.04. The van der Waals surface area contributed by atoms with E-state index in [0.29, 0.717) is 0 Å². The van der Waals surface area contributed by atoms with Gasteiger partial charge in [-0.2, -0.15) is 5.10 Å². The number of halogens is 3. The third kappa shape index (κ3) is 3.63. The van der Waals surface area contributed by atoms with Crippen LogP contribution in [0.1, 0.15) is 0 Å². The van der Waals surface area contributed by atoms with Crippen molar-refractivity contribution in [1.29, 1.82) is 0 Å². The number of nitrogens with zero attached hydrogens (tertiary/aromatic N) is 1. The van der Waals surface area contributed by atoms with Gasteiger partial charge in [0.15, 0.2) is 0 Å². The molecule has 2 N–H and O–H groups in total. The highest BCUT2D eigenvalue weighted by Gasteiger charge is 2.31. The molecule has 0 amide bonds. The number of ether oxygens (including phenoxy) is 1. The summed E-state index contributed by atoms with van der Waals surface area (Å²) in [5.41, 5.74) is 0. The van der Waals surface area contributed by atoms with Gasteiger partial charge in [0.25, 0.3) is 10.0 Å². The molecule has 20 heavy (non-hydrogen) atoms. The van der Waals surface area contributed by atoms with Crippen molar-refractivity contribution in [3.63, 3.8) is 0 Å². The molecule has 0 fully saturated rings. The van der Waals surface area contributed by atoms with Crippen LogP contribution in [0.3, 0.4) is 0 Å². The van der Waals surface area contributed by atoms with Crippen LogP contribution in [0.25, 0.3) is 0 Å². The van der Waals surface area contributed by atoms with Crippen molar-refractivity contribution >= 4 is 15.8 Å². The lowest BCUT2D eigenvalue weighted by molar-refractivity contribution is -0.274. The van der Waals surface area contributed by atoms with Crippen LogP contribution in [0.5, 0.6) is 5.75 Å². The minimum absolute atomic E-state index is 0.139. The van der Waals surface area contributed by atoms with Gasteiger partial charge in [-0.05, 0) is 24.3 Å². The molecule has 1 aromatic carbocycles. The van der Waals surface area contributed by atoms with Crippen LogP contribution >= 0.6 is 0 Å². The lowest BCUT2D eigenvalue weighted by atomic mass is 10.3. The van der Waals surface area contributed by atoms with E-state index in [4.69, 9.17) is 0 Å². The van der Waals surface area contributed by atoms with Crippen molar-refractivity contribution in [1.82, 2.24) is 10.2 Å². The summed E-state index contributed by atoms with van der Waals surface area (Å²) in [6.45, 7) is 0. The Morgan fingerprint density at radius 2 is 1.80 bits per heavy atom. The number of H-pyrrole nitrogens is 1. The number of sulfonamides is 1. The second-order valence-electron chi connectivity index (χ2n) is 3.60. The molecular weight excluding hydrogens is 299 g/mol. The molecule has 0 atom stereocenters. The first-order chi connectivity index (χ1) is 9.26. The zero-order chi connectivity index (χ0) is 14.8. The van der Waals surface area contributed by atoms with Gasteiger partial charge in [-0.3, -0.25) is 9.82 Å². The zero-order valence-electron chi connectivity index (χ0n) is 9.68. The molecule has 2 aromatic rings. The third-order valence-corrected chi connectivity index (χ3v) is 3.49. The van der Waals surface area contributed by atoms with Crippen LogP contribution in [0.4, 0.5) is 19.0 Å². The van der Waals surface area contributed by atoms with Crippen molar-refractivity contribution in [3.05, 3.63) is 36.5 Å². The number of alkyl halides is 3. The highest BCUT2D eigenvalue weighted by Crippen LogP contribution is 2.24. The number of anilines is 1. The molecule has 0 aliphatic heterocycles. The molecule has 108 valence electrons. The summed E-state index contributed by atoms with van der Waals surface area (Å²) < 4.78 is 65.5. The molecule has 0 saturated carbocycles. The minimum Gasteiger partial charge on any atom is -0.406 e. The van der Waals surface area contributed by atoms with Crippen LogP contribution in [0, 0.1) is 0 Å². The Bertz CT molecular complexity index is 666. The maximum Gasteiger partial charge on any atom is 0.573 e. The van der Waals surface area contributed by atoms with E-state index in [2.05, 4.69) is 19.7 Å². The van der Waals surface area contributed by atoms with Crippen LogP contribution in [0.2, 0.25) is 0 Å². The Morgan fingerprint density at radius 1 is 1.15 bits per heavy atom. The van der Waals surface area contributed by atoms with Crippen LogP contribution in [0.15, 0.2) is 41.4 Å². The number of aromatic amines is 1. The SMILES string of the molecule is O=S(=O)(Nc1ccn[nH]1)c1ccc(OC(F)(F)F)cc1. The first-order valence-electron chi connectivity index (χ1n) is 5.14. The highest BCUT2D eigenvalue weighted by atomic mass is 32.2. The second-order valence-corrected chi connectivity index (χ2v) is 5.28. The molecule has 1 aromatic heterocycles. The summed E-state index contributed by atoms with van der Waals surface area (Å²) in [6, 6.07) is 5.21. The third-order valence-electron chi connectivity index (χ3n) is 2.11. The highest BCUT2D eigenvalue weighted by molar-refractivity contribution is 7.92. The van der Waals surface area contributed by atoms with E-state index in [1.807, 2.05) is 0 Å². The Kier molecular flexibility index (Phi) is 3.57. The summed E-state index contributed by atoms with van der Waals surface area (Å²) in [5, 5.41) is 5.95. The molecule has 6 nitrogen and oxygen atoms in total. The van der Waals surface area contributed by atoms with Gasteiger partial charge in [-0.1, -0.05) is 0 Å². The molecule has 10 heteroatoms. The molecule has 0 aliphatic rings. The number of benzene rings is 1. The first-order valence-corrected chi connectivity index (χ1v) is 6.63. The predicted octanol–water partition coefficient (Wildman–Crippen LogP) is 2.11. The fourth-order valence-electron chi connectivity index (χ4n) is 1.34. The summed E-state index contributed by atoms with van der Waals surface area (Å²) in [7, 11) is -3.90. The summed E-state index contributed by atoms with van der Waals surface area (Å²) in [4.78, 5) is -0.207. The normalized spacial score (nSPS) is 12.2. The maximum atomic E-state index is 12.0. The predicted molar refractivity (Wildman–Crippen MR) is 62.5 cm³/mol. The van der Waals surface area contributed by atoms with Crippen molar-refractivity contribution < 1.29 is 26.3 Å². The number of nitrogens with one attached hydrogen (secondary N) is 2. The number of hydrogen-bond donors (Lipinski definition) is 2. The van der Waals surface area contributed by atoms with Gasteiger partial charge < -0.3 is 4.74 Å². The van der Waals surface area contributed by atoms with Gasteiger partial charge in [-0.15, -0.1) is 13.2 Å². The quantitative estimate of drug-likeness (QED) is 0.906. The smallest absolute Gasteiger partial charge is 0.406 e. The Hall–Kier alpha value is -2.23. The van der Waals surface area contributed by atoms with E-state index in [1.54, 1.807) is 0 Å². The van der Waals surface area contributed by atoms with Crippen molar-refractivity contribution in [2.75, 3.05) is 4.72 Å². The van der Waals surface area contributed by atoms with Crippen molar-refractivity contribution in [3.8, 4) is 5.75 Å². The Labute approximate surface area is 111 Å². The van der Waals surface area contributed by atoms with E-state index in [-0.39, 0.29) is 10.7 Å². The number of aromatic nitrogens is 2. The average Bonchev–Trinajstić information content (AvgIpc) is 2.79. The number of rotatable bonds is 4. The van der Waals surface area contributed by atoms with Gasteiger partial charge in [0.1, 0.15) is 11.6 Å². The Balaban J connectivity index is 2.17. The first kappa shape index (κ1) is 14.2. The molecular formula is C10H8F3N3O3S. The van der Waals surface area contributed by atoms with E-state index < -0.39 is 22.1 Å². The van der Waals surface area contributed by atoms with Crippen molar-refractivity contribution in [2.24, 2.45) is 0 Å². The van der Waals surface area contributed by atoms with Gasteiger partial charge in [0.05, 0.1) is 11.1 Å². The van der Waals surface area contributed by atoms with E-state index in [1.165, 1.54) is 12.3 Å². The van der Waals surface area contributed by atoms with E-state index in [0.717, 1.165) is 24.3 Å². The molecule has 0 bridgehead atoms. The standard InChI is InChI=1S/C10H8F3N3O3S/c11-10(12,13)19-7-1-3-8(4-2-7)20(17,18)16-9-5-6-14-15-9/h1-6H,(H2,14,15,16). The van der Waals surface area contributed by atoms with Gasteiger partial charge in [-0.25, -0.2) is 8.42 Å². The fraction of sp³-hybridized carbons (Fsp3) is 0.100. The topological polar surface area (TPSA) is 84.1 Å². The van der Waals surface area contributed by atoms with Gasteiger partial charge in [0.2, 0.25) is 0 Å². The van der Waals surface area contributed by atoms with Crippen LogP contribution in [-0.4, -0.2) is 25.0 Å². The molecule has 2 rings (SSSR count). The molecule has 0 aliphatic carbocycles. The maximum absolute atomic E-state index is 12.0. The van der Waals surface area contributed by atoms with E-state index >= 15 is 0 Å².